The molecule has 0 aliphatic heterocycles. The number of ether oxygens (including phenoxy) is 7. The second kappa shape index (κ2) is 37.3. The number of hydrazone groups is 1. The molecule has 0 saturated carbocycles. The number of methoxy groups -OCH3 is 2. The van der Waals surface area contributed by atoms with Crippen molar-refractivity contribution in [3.8, 4) is 80.8 Å². The fourth-order valence-corrected chi connectivity index (χ4v) is 13.6. The molecule has 0 bridgehead atoms. The second-order valence-corrected chi connectivity index (χ2v) is 27.7. The maximum atomic E-state index is 11.8. The van der Waals surface area contributed by atoms with E-state index in [1.54, 1.807) is 56.8 Å². The van der Waals surface area contributed by atoms with E-state index in [2.05, 4.69) is 122 Å². The fraction of sp³-hybridized carbons (Fsp3) is 0.341. The minimum Gasteiger partial charge on any atom is -0.497 e. The van der Waals surface area contributed by atoms with E-state index in [1.165, 1.54) is 84.6 Å². The highest BCUT2D eigenvalue weighted by Gasteiger charge is 2.42. The van der Waals surface area contributed by atoms with Crippen LogP contribution in [0.1, 0.15) is 156 Å². The topological polar surface area (TPSA) is 162 Å². The molecule has 8 aromatic rings. The molecule has 0 radical (unpaired) electrons. The largest absolute Gasteiger partial charge is 0.497 e. The zero-order valence-corrected chi connectivity index (χ0v) is 60.4. The maximum absolute atomic E-state index is 11.8. The summed E-state index contributed by atoms with van der Waals surface area (Å²) in [5.41, 5.74) is 11.3. The third kappa shape index (κ3) is 20.6. The van der Waals surface area contributed by atoms with Crippen LogP contribution in [-0.4, -0.2) is 82.7 Å². The molecule has 0 spiro atoms. The van der Waals surface area contributed by atoms with Crippen LogP contribution >= 0.6 is 6.64 Å². The lowest BCUT2D eigenvalue weighted by Crippen LogP contribution is -2.25. The summed E-state index contributed by atoms with van der Waals surface area (Å²) in [5, 5.41) is 16.5. The Labute approximate surface area is 595 Å². The molecule has 1 aliphatic carbocycles. The average Bonchev–Trinajstić information content (AvgIpc) is 1.56. The predicted octanol–water partition coefficient (Wildman–Crippen LogP) is 18.9. The van der Waals surface area contributed by atoms with Gasteiger partial charge in [-0.1, -0.05) is 102 Å². The average molecular weight is 1390 g/mol. The number of hydrogen-bond acceptors (Lipinski definition) is 15. The first kappa shape index (κ1) is 74.3. The Morgan fingerprint density at radius 1 is 0.540 bits per heavy atom. The summed E-state index contributed by atoms with van der Waals surface area (Å²) in [6.45, 7) is 10.1. The van der Waals surface area contributed by atoms with E-state index in [-0.39, 0.29) is 48.0 Å². The molecule has 100 heavy (non-hydrogen) atoms. The summed E-state index contributed by atoms with van der Waals surface area (Å²) in [4.78, 5) is 25.1. The van der Waals surface area contributed by atoms with Gasteiger partial charge in [-0.15, -0.1) is 0 Å². The highest BCUT2D eigenvalue weighted by molar-refractivity contribution is 8.09. The Morgan fingerprint density at radius 3 is 1.44 bits per heavy atom. The maximum Gasteiger partial charge on any atom is 0.410 e. The van der Waals surface area contributed by atoms with Crippen LogP contribution in [0, 0.1) is 33.8 Å². The van der Waals surface area contributed by atoms with Gasteiger partial charge in [0.1, 0.15) is 41.1 Å². The lowest BCUT2D eigenvalue weighted by molar-refractivity contribution is -0.385. The quantitative estimate of drug-likeness (QED) is 0.00687. The zero-order valence-electron chi connectivity index (χ0n) is 58.7. The molecular weight excluding hydrogens is 1300 g/mol. The molecule has 0 fully saturated rings. The molecule has 0 N–H and O–H groups in total. The van der Waals surface area contributed by atoms with E-state index < -0.39 is 17.5 Å². The van der Waals surface area contributed by atoms with Gasteiger partial charge in [-0.25, -0.2) is 4.78 Å². The van der Waals surface area contributed by atoms with Crippen molar-refractivity contribution in [1.29, 1.82) is 0 Å². The van der Waals surface area contributed by atoms with Gasteiger partial charge in [0.25, 0.3) is 5.69 Å². The normalized spacial score (nSPS) is 12.3. The van der Waals surface area contributed by atoms with Gasteiger partial charge in [-0.3, -0.25) is 14.9 Å². The second-order valence-electron chi connectivity index (χ2n) is 24.4. The molecular formula is C82H91N4O12PS. The molecule has 0 aromatic heterocycles. The summed E-state index contributed by atoms with van der Waals surface area (Å²) >= 11 is 6.18. The summed E-state index contributed by atoms with van der Waals surface area (Å²) in [6, 6.07) is 54.8. The number of carbonyl (C=O) groups is 1. The van der Waals surface area contributed by atoms with E-state index in [1.807, 2.05) is 60.7 Å². The minimum atomic E-state index is -3.40. The summed E-state index contributed by atoms with van der Waals surface area (Å²) in [7, 11) is 4.74. The van der Waals surface area contributed by atoms with Crippen molar-refractivity contribution in [2.45, 2.75) is 124 Å². The number of rotatable bonds is 37. The van der Waals surface area contributed by atoms with E-state index in [0.29, 0.717) is 54.8 Å². The van der Waals surface area contributed by atoms with Gasteiger partial charge in [0.05, 0.1) is 63.4 Å². The van der Waals surface area contributed by atoms with E-state index >= 15 is 0 Å². The molecule has 8 aromatic carbocycles. The molecule has 522 valence electrons. The van der Waals surface area contributed by atoms with Crippen molar-refractivity contribution in [3.63, 3.8) is 0 Å². The number of nitro benzene ring substituents is 1. The van der Waals surface area contributed by atoms with E-state index in [9.17, 15) is 14.9 Å². The van der Waals surface area contributed by atoms with Crippen molar-refractivity contribution in [2.75, 3.05) is 65.7 Å². The number of benzene rings is 8. The van der Waals surface area contributed by atoms with Crippen molar-refractivity contribution >= 4 is 42.0 Å². The third-order valence-corrected chi connectivity index (χ3v) is 20.0. The van der Waals surface area contributed by atoms with Gasteiger partial charge in [-0.05, 0) is 205 Å². The standard InChI is InChI=1S/C82H91N4O12PS/c1-9-13-47-82(48-14-10-2)77-55-64(21-19-62-23-31-68(32-24-62)85(49-15-11-3)50-16-12-4)29-45-75(77)76-46-30-65(56-78(76)82)22-20-63-25-35-70(36-26-63)92-51-17-52-93-71-37-41-73(42-38-71)97-99(100,84(6)83-59-66-27-33-69(90-7)34-28-66)98-74-43-39-72(40-44-74)94-53-18-54-95-81-58-79(86(88)89)67(57-80(81)91-8)60-96-61(5)87/h23-46,55-59H,9-18,47-54,60H2,1-8H3/b83-59+. The predicted molar refractivity (Wildman–Crippen MR) is 402 cm³/mol. The first-order valence-electron chi connectivity index (χ1n) is 34.6. The van der Waals surface area contributed by atoms with Gasteiger partial charge in [-0.2, -0.15) is 5.10 Å². The lowest BCUT2D eigenvalue weighted by Gasteiger charge is -2.33. The number of esters is 1. The zero-order chi connectivity index (χ0) is 70.7. The molecule has 18 heteroatoms. The Balaban J connectivity index is 0.774. The Hall–Kier alpha value is -9.93. The molecule has 0 saturated heterocycles. The molecule has 0 heterocycles. The first-order chi connectivity index (χ1) is 48.7. The monoisotopic (exact) mass is 1390 g/mol. The molecule has 1 unspecified atom stereocenters. The Morgan fingerprint density at radius 2 is 0.980 bits per heavy atom. The summed E-state index contributed by atoms with van der Waals surface area (Å²) in [5.74, 6) is 17.5. The smallest absolute Gasteiger partial charge is 0.410 e. The SMILES string of the molecule is CCCCN(CCCC)c1ccc(C#Cc2ccc3c(c2)C(CCCC)(CCCC)c2cc(C#Cc4ccc(OCCCOc5ccc(OP(=S)(Oc6ccc(OCCCOc7cc([N+](=O)[O-])c(COC(C)=O)cc7OC)cc6)N(C)/N=C/c6ccc(OC)cc6)cc5)cc4)ccc2-3)cc1. The number of anilines is 1. The van der Waals surface area contributed by atoms with E-state index in [4.69, 9.17) is 54.0 Å². The third-order valence-electron chi connectivity index (χ3n) is 17.2. The van der Waals surface area contributed by atoms with Crippen LogP contribution in [-0.2, 0) is 33.4 Å². The van der Waals surface area contributed by atoms with Crippen molar-refractivity contribution in [2.24, 2.45) is 5.10 Å². The Kier molecular flexibility index (Phi) is 27.7. The van der Waals surface area contributed by atoms with Crippen LogP contribution < -0.4 is 42.4 Å². The number of unbranched alkanes of at least 4 members (excludes halogenated alkanes) is 4. The number of fused-ring (bicyclic) bond motifs is 3. The van der Waals surface area contributed by atoms with Gasteiger partial charge in [0.2, 0.25) is 0 Å². The Bertz CT molecular complexity index is 4190. The number of nitrogens with zero attached hydrogens (tertiary/aromatic N) is 4. The summed E-state index contributed by atoms with van der Waals surface area (Å²) < 4.78 is 54.3. The van der Waals surface area contributed by atoms with Gasteiger partial charge < -0.3 is 47.1 Å². The minimum absolute atomic E-state index is 0.106. The van der Waals surface area contributed by atoms with E-state index in [0.717, 1.165) is 85.2 Å². The van der Waals surface area contributed by atoms with Gasteiger partial charge in [0, 0.05) is 85.1 Å². The number of nitro groups is 1. The molecule has 1 aliphatic rings. The van der Waals surface area contributed by atoms with Crippen molar-refractivity contribution in [1.82, 2.24) is 4.78 Å². The van der Waals surface area contributed by atoms with Crippen molar-refractivity contribution in [3.05, 3.63) is 224 Å². The molecule has 9 rings (SSSR count). The number of hydrogen-bond donors (Lipinski definition) is 0. The van der Waals surface area contributed by atoms with Crippen LogP contribution in [0.3, 0.4) is 0 Å². The summed E-state index contributed by atoms with van der Waals surface area (Å²) in [6.07, 6.45) is 14.2. The fourth-order valence-electron chi connectivity index (χ4n) is 11.7. The van der Waals surface area contributed by atoms with Crippen LogP contribution in [0.2, 0.25) is 0 Å². The number of carbonyl (C=O) groups excluding carboxylic acids is 1. The van der Waals surface area contributed by atoms with Gasteiger partial charge >= 0.3 is 12.6 Å². The highest BCUT2D eigenvalue weighted by atomic mass is 32.5. The molecule has 0 amide bonds. The molecule has 1 atom stereocenters. The lowest BCUT2D eigenvalue weighted by atomic mass is 9.70. The van der Waals surface area contributed by atoms with Crippen LogP contribution in [0.25, 0.3) is 11.1 Å². The van der Waals surface area contributed by atoms with Crippen LogP contribution in [0.15, 0.2) is 175 Å². The van der Waals surface area contributed by atoms with Crippen LogP contribution in [0.5, 0.6) is 46.0 Å². The van der Waals surface area contributed by atoms with Gasteiger partial charge in [0.15, 0.2) is 11.5 Å². The first-order valence-corrected chi connectivity index (χ1v) is 37.2. The molecule has 16 nitrogen and oxygen atoms in total. The van der Waals surface area contributed by atoms with Crippen LogP contribution in [0.4, 0.5) is 11.4 Å². The highest BCUT2D eigenvalue weighted by Crippen LogP contribution is 2.55. The van der Waals surface area contributed by atoms with Crippen molar-refractivity contribution < 1.29 is 51.9 Å².